The number of aromatic nitrogens is 2. The Morgan fingerprint density at radius 1 is 1.06 bits per heavy atom. The summed E-state index contributed by atoms with van der Waals surface area (Å²) in [5, 5.41) is 6.71. The third kappa shape index (κ3) is 5.41. The molecular weight excluding hydrogens is 527 g/mol. The molecule has 10 heteroatoms. The summed E-state index contributed by atoms with van der Waals surface area (Å²) in [5.74, 6) is -0.454. The number of benzene rings is 1. The zero-order chi connectivity index (χ0) is 22.9. The summed E-state index contributed by atoms with van der Waals surface area (Å²) in [6.07, 6.45) is 3.11. The predicted octanol–water partition coefficient (Wildman–Crippen LogP) is 6.29. The molecule has 1 aromatic carbocycles. The first kappa shape index (κ1) is 23.6. The molecular formula is C21H18BrCl3N4O2. The van der Waals surface area contributed by atoms with Gasteiger partial charge in [-0.05, 0) is 66.5 Å². The van der Waals surface area contributed by atoms with Gasteiger partial charge in [-0.1, -0.05) is 34.8 Å². The lowest BCUT2D eigenvalue weighted by atomic mass is 10.1. The molecule has 0 saturated carbocycles. The van der Waals surface area contributed by atoms with Crippen LogP contribution in [0.5, 0.6) is 0 Å². The molecule has 0 radical (unpaired) electrons. The Morgan fingerprint density at radius 3 is 2.42 bits per heavy atom. The van der Waals surface area contributed by atoms with Crippen LogP contribution in [0.4, 0.5) is 5.69 Å². The average Bonchev–Trinajstić information content (AvgIpc) is 3.04. The average molecular weight is 545 g/mol. The van der Waals surface area contributed by atoms with Crippen molar-refractivity contribution in [2.45, 2.75) is 26.8 Å². The van der Waals surface area contributed by atoms with Crippen molar-refractivity contribution in [3.63, 3.8) is 0 Å². The number of anilines is 1. The number of nitrogens with zero attached hydrogens (tertiary/aromatic N) is 2. The van der Waals surface area contributed by atoms with E-state index in [1.165, 1.54) is 16.8 Å². The monoisotopic (exact) mass is 542 g/mol. The van der Waals surface area contributed by atoms with Gasteiger partial charge in [0, 0.05) is 27.9 Å². The molecule has 0 atom stereocenters. The summed E-state index contributed by atoms with van der Waals surface area (Å²) < 4.78 is 2.19. The Kier molecular flexibility index (Phi) is 7.31. The Balaban J connectivity index is 2.03. The maximum absolute atomic E-state index is 13.2. The van der Waals surface area contributed by atoms with E-state index in [4.69, 9.17) is 34.8 Å². The van der Waals surface area contributed by atoms with Crippen molar-refractivity contribution in [3.8, 4) is 5.82 Å². The second-order valence-corrected chi connectivity index (χ2v) is 9.30. The standard InChI is InChI=1S/C21H18BrCl3N4O2/c1-10(2)27-20(30)15-6-13(23)4-11(3)18(15)28-21(31)17-5-12(22)9-29(17)19-16(25)7-14(24)8-26-19/h4-10H,1-3H3,(H,27,30)(H,28,31). The van der Waals surface area contributed by atoms with Gasteiger partial charge in [0.1, 0.15) is 5.69 Å². The minimum atomic E-state index is -0.456. The van der Waals surface area contributed by atoms with Gasteiger partial charge in [-0.2, -0.15) is 0 Å². The summed E-state index contributed by atoms with van der Waals surface area (Å²) >= 11 is 21.8. The zero-order valence-corrected chi connectivity index (χ0v) is 20.6. The molecule has 3 aromatic rings. The van der Waals surface area contributed by atoms with Crippen molar-refractivity contribution in [1.29, 1.82) is 0 Å². The lowest BCUT2D eigenvalue weighted by Crippen LogP contribution is -2.31. The molecule has 2 amide bonds. The van der Waals surface area contributed by atoms with Crippen molar-refractivity contribution in [2.24, 2.45) is 0 Å². The number of carbonyl (C=O) groups is 2. The van der Waals surface area contributed by atoms with Crippen molar-refractivity contribution >= 4 is 68.2 Å². The molecule has 0 unspecified atom stereocenters. The van der Waals surface area contributed by atoms with Crippen molar-refractivity contribution < 1.29 is 9.59 Å². The number of hydrogen-bond acceptors (Lipinski definition) is 3. The van der Waals surface area contributed by atoms with E-state index in [1.54, 1.807) is 31.3 Å². The highest BCUT2D eigenvalue weighted by atomic mass is 79.9. The molecule has 0 aliphatic rings. The lowest BCUT2D eigenvalue weighted by Gasteiger charge is -2.17. The molecule has 0 saturated heterocycles. The molecule has 2 aromatic heterocycles. The van der Waals surface area contributed by atoms with Crippen LogP contribution in [-0.4, -0.2) is 27.4 Å². The maximum atomic E-state index is 13.2. The van der Waals surface area contributed by atoms with Crippen LogP contribution in [0.2, 0.25) is 15.1 Å². The van der Waals surface area contributed by atoms with E-state index in [0.717, 1.165) is 0 Å². The zero-order valence-electron chi connectivity index (χ0n) is 16.8. The summed E-state index contributed by atoms with van der Waals surface area (Å²) in [4.78, 5) is 30.1. The van der Waals surface area contributed by atoms with E-state index in [2.05, 4.69) is 31.5 Å². The van der Waals surface area contributed by atoms with Gasteiger partial charge >= 0.3 is 0 Å². The molecule has 0 bridgehead atoms. The van der Waals surface area contributed by atoms with Crippen LogP contribution in [0.25, 0.3) is 5.82 Å². The van der Waals surface area contributed by atoms with Gasteiger partial charge in [0.05, 0.1) is 21.3 Å². The van der Waals surface area contributed by atoms with Gasteiger partial charge in [-0.15, -0.1) is 0 Å². The van der Waals surface area contributed by atoms with Crippen molar-refractivity contribution in [1.82, 2.24) is 14.9 Å². The largest absolute Gasteiger partial charge is 0.350 e. The molecule has 162 valence electrons. The summed E-state index contributed by atoms with van der Waals surface area (Å²) in [6.45, 7) is 5.46. The quantitative estimate of drug-likeness (QED) is 0.396. The van der Waals surface area contributed by atoms with Crippen LogP contribution in [-0.2, 0) is 0 Å². The molecule has 0 aliphatic heterocycles. The molecule has 3 rings (SSSR count). The number of aryl methyl sites for hydroxylation is 1. The van der Waals surface area contributed by atoms with Crippen LogP contribution in [0.15, 0.2) is 41.1 Å². The van der Waals surface area contributed by atoms with Gasteiger partial charge < -0.3 is 10.6 Å². The molecule has 31 heavy (non-hydrogen) atoms. The first-order valence-corrected chi connectivity index (χ1v) is 11.1. The maximum Gasteiger partial charge on any atom is 0.272 e. The fraction of sp³-hybridized carbons (Fsp3) is 0.190. The summed E-state index contributed by atoms with van der Waals surface area (Å²) in [7, 11) is 0. The van der Waals surface area contributed by atoms with Crippen LogP contribution in [0.3, 0.4) is 0 Å². The van der Waals surface area contributed by atoms with Gasteiger partial charge in [0.25, 0.3) is 11.8 Å². The number of nitrogens with one attached hydrogen (secondary N) is 2. The lowest BCUT2D eigenvalue weighted by molar-refractivity contribution is 0.0944. The SMILES string of the molecule is Cc1cc(Cl)cc(C(=O)NC(C)C)c1NC(=O)c1cc(Br)cn1-c1ncc(Cl)cc1Cl. The number of amides is 2. The Morgan fingerprint density at radius 2 is 1.77 bits per heavy atom. The molecule has 0 fully saturated rings. The first-order valence-electron chi connectivity index (χ1n) is 9.18. The summed E-state index contributed by atoms with van der Waals surface area (Å²) in [5.41, 5.74) is 1.54. The third-order valence-electron chi connectivity index (χ3n) is 4.24. The van der Waals surface area contributed by atoms with E-state index in [-0.39, 0.29) is 28.2 Å². The van der Waals surface area contributed by atoms with E-state index in [1.807, 2.05) is 13.8 Å². The third-order valence-corrected chi connectivity index (χ3v) is 5.38. The minimum absolute atomic E-state index is 0.0818. The van der Waals surface area contributed by atoms with Crippen LogP contribution in [0.1, 0.15) is 40.3 Å². The van der Waals surface area contributed by atoms with Gasteiger partial charge in [0.15, 0.2) is 5.82 Å². The van der Waals surface area contributed by atoms with E-state index in [9.17, 15) is 9.59 Å². The Hall–Kier alpha value is -2.06. The minimum Gasteiger partial charge on any atom is -0.350 e. The Labute approximate surface area is 203 Å². The highest BCUT2D eigenvalue weighted by molar-refractivity contribution is 9.10. The van der Waals surface area contributed by atoms with Crippen molar-refractivity contribution in [2.75, 3.05) is 5.32 Å². The van der Waals surface area contributed by atoms with Crippen LogP contribution < -0.4 is 10.6 Å². The first-order chi connectivity index (χ1) is 14.6. The fourth-order valence-corrected chi connectivity index (χ4v) is 4.14. The van der Waals surface area contributed by atoms with E-state index < -0.39 is 5.91 Å². The highest BCUT2D eigenvalue weighted by Gasteiger charge is 2.22. The molecule has 0 spiro atoms. The highest BCUT2D eigenvalue weighted by Crippen LogP contribution is 2.29. The number of carbonyl (C=O) groups excluding carboxylic acids is 2. The molecule has 6 nitrogen and oxygen atoms in total. The second kappa shape index (κ2) is 9.61. The fourth-order valence-electron chi connectivity index (χ4n) is 2.97. The van der Waals surface area contributed by atoms with Crippen LogP contribution in [0, 0.1) is 6.92 Å². The van der Waals surface area contributed by atoms with E-state index >= 15 is 0 Å². The molecule has 2 N–H and O–H groups in total. The van der Waals surface area contributed by atoms with Gasteiger partial charge in [-0.3, -0.25) is 14.2 Å². The molecule has 2 heterocycles. The van der Waals surface area contributed by atoms with Crippen molar-refractivity contribution in [3.05, 3.63) is 73.0 Å². The van der Waals surface area contributed by atoms with Gasteiger partial charge in [-0.25, -0.2) is 4.98 Å². The Bertz CT molecular complexity index is 1180. The smallest absolute Gasteiger partial charge is 0.272 e. The van der Waals surface area contributed by atoms with E-state index in [0.29, 0.717) is 31.6 Å². The second-order valence-electron chi connectivity index (χ2n) is 7.10. The topological polar surface area (TPSA) is 76.0 Å². The number of halogens is 4. The summed E-state index contributed by atoms with van der Waals surface area (Å²) in [6, 6.07) is 6.28. The predicted molar refractivity (Wildman–Crippen MR) is 128 cm³/mol. The number of pyridine rings is 1. The molecule has 0 aliphatic carbocycles. The van der Waals surface area contributed by atoms with Crippen LogP contribution >= 0.6 is 50.7 Å². The normalized spacial score (nSPS) is 11.0. The number of rotatable bonds is 5. The van der Waals surface area contributed by atoms with Gasteiger partial charge in [0.2, 0.25) is 0 Å². The number of hydrogen-bond donors (Lipinski definition) is 2.